The third kappa shape index (κ3) is 6.41. The van der Waals surface area contributed by atoms with Gasteiger partial charge in [-0.15, -0.1) is 0 Å². The summed E-state index contributed by atoms with van der Waals surface area (Å²) in [5.74, 6) is -0.916. The molecule has 1 rings (SSSR count). The maximum atomic E-state index is 12.9. The molecule has 0 aliphatic heterocycles. The van der Waals surface area contributed by atoms with Crippen molar-refractivity contribution in [2.45, 2.75) is 26.8 Å². The first kappa shape index (κ1) is 18.4. The Hall–Kier alpha value is -1.66. The lowest BCUT2D eigenvalue weighted by atomic mass is 10.3. The maximum Gasteiger partial charge on any atom is 0.238 e. The zero-order chi connectivity index (χ0) is 16.7. The number of nitrogens with one attached hydrogen (secondary N) is 2. The molecule has 0 bridgehead atoms. The Morgan fingerprint density at radius 2 is 1.91 bits per heavy atom. The van der Waals surface area contributed by atoms with Gasteiger partial charge in [0.05, 0.1) is 23.8 Å². The molecule has 0 heterocycles. The summed E-state index contributed by atoms with van der Waals surface area (Å²) in [5.41, 5.74) is 0.343. The third-order valence-corrected chi connectivity index (χ3v) is 3.15. The summed E-state index contributed by atoms with van der Waals surface area (Å²) in [6.45, 7) is 6.35. The van der Waals surface area contributed by atoms with Crippen molar-refractivity contribution in [3.63, 3.8) is 0 Å². The highest BCUT2D eigenvalue weighted by Crippen LogP contribution is 2.22. The van der Waals surface area contributed by atoms with Gasteiger partial charge in [-0.05, 0) is 38.6 Å². The van der Waals surface area contributed by atoms with Crippen molar-refractivity contribution in [2.24, 2.45) is 0 Å². The predicted octanol–water partition coefficient (Wildman–Crippen LogP) is 2.26. The first-order valence-electron chi connectivity index (χ1n) is 7.08. The number of carbonyl (C=O) groups excluding carboxylic acids is 2. The highest BCUT2D eigenvalue weighted by atomic mass is 35.5. The highest BCUT2D eigenvalue weighted by Gasteiger charge is 2.14. The first-order chi connectivity index (χ1) is 10.3. The molecule has 0 aliphatic rings. The van der Waals surface area contributed by atoms with E-state index in [0.29, 0.717) is 12.2 Å². The molecule has 0 atom stereocenters. The minimum Gasteiger partial charge on any atom is -0.353 e. The number of nitrogens with zero attached hydrogens (tertiary/aromatic N) is 1. The van der Waals surface area contributed by atoms with Crippen LogP contribution in [0, 0.1) is 5.82 Å². The molecule has 7 heteroatoms. The molecule has 122 valence electrons. The Labute approximate surface area is 134 Å². The van der Waals surface area contributed by atoms with Crippen LogP contribution in [0.4, 0.5) is 10.1 Å². The number of rotatable bonds is 7. The molecule has 1 aromatic rings. The lowest BCUT2D eigenvalue weighted by Crippen LogP contribution is -2.42. The van der Waals surface area contributed by atoms with Crippen LogP contribution < -0.4 is 10.6 Å². The van der Waals surface area contributed by atoms with Crippen LogP contribution in [-0.4, -0.2) is 42.4 Å². The van der Waals surface area contributed by atoms with Gasteiger partial charge in [0.1, 0.15) is 5.82 Å². The van der Waals surface area contributed by atoms with Crippen LogP contribution in [0.2, 0.25) is 5.02 Å². The second-order valence-corrected chi connectivity index (χ2v) is 5.61. The minimum absolute atomic E-state index is 0.0513. The van der Waals surface area contributed by atoms with Crippen LogP contribution in [0.5, 0.6) is 0 Å². The molecule has 0 saturated carbocycles. The van der Waals surface area contributed by atoms with Gasteiger partial charge >= 0.3 is 0 Å². The average Bonchev–Trinajstić information content (AvgIpc) is 2.40. The Bertz CT molecular complexity index is 538. The second-order valence-electron chi connectivity index (χ2n) is 5.20. The van der Waals surface area contributed by atoms with Crippen molar-refractivity contribution < 1.29 is 14.0 Å². The van der Waals surface area contributed by atoms with Crippen LogP contribution in [0.25, 0.3) is 0 Å². The summed E-state index contributed by atoms with van der Waals surface area (Å²) < 4.78 is 12.9. The van der Waals surface area contributed by atoms with Crippen LogP contribution in [0.3, 0.4) is 0 Å². The van der Waals surface area contributed by atoms with E-state index in [4.69, 9.17) is 11.6 Å². The van der Waals surface area contributed by atoms with E-state index >= 15 is 0 Å². The van der Waals surface area contributed by atoms with Crippen molar-refractivity contribution in [1.29, 1.82) is 0 Å². The van der Waals surface area contributed by atoms with E-state index in [-0.39, 0.29) is 36.0 Å². The molecule has 22 heavy (non-hydrogen) atoms. The lowest BCUT2D eigenvalue weighted by molar-refractivity contribution is -0.123. The fraction of sp³-hybridized carbons (Fsp3) is 0.467. The topological polar surface area (TPSA) is 61.4 Å². The number of carbonyl (C=O) groups is 2. The number of hydrogen-bond acceptors (Lipinski definition) is 3. The van der Waals surface area contributed by atoms with E-state index in [9.17, 15) is 14.0 Å². The molecule has 2 amide bonds. The number of benzene rings is 1. The molecular weight excluding hydrogens is 309 g/mol. The van der Waals surface area contributed by atoms with E-state index in [1.54, 1.807) is 4.90 Å². The third-order valence-electron chi connectivity index (χ3n) is 2.84. The molecule has 0 aliphatic carbocycles. The molecule has 0 spiro atoms. The summed E-state index contributed by atoms with van der Waals surface area (Å²) in [6, 6.07) is 3.80. The highest BCUT2D eigenvalue weighted by molar-refractivity contribution is 6.33. The summed E-state index contributed by atoms with van der Waals surface area (Å²) in [7, 11) is 0. The minimum atomic E-state index is -0.469. The number of amides is 2. The summed E-state index contributed by atoms with van der Waals surface area (Å²) in [4.78, 5) is 25.4. The van der Waals surface area contributed by atoms with Crippen LogP contribution in [0.1, 0.15) is 20.8 Å². The lowest BCUT2D eigenvalue weighted by Gasteiger charge is -2.20. The second kappa shape index (κ2) is 8.70. The molecule has 0 saturated heterocycles. The van der Waals surface area contributed by atoms with E-state index < -0.39 is 5.82 Å². The molecule has 0 fully saturated rings. The van der Waals surface area contributed by atoms with E-state index in [1.165, 1.54) is 12.1 Å². The van der Waals surface area contributed by atoms with Crippen LogP contribution in [-0.2, 0) is 9.59 Å². The first-order valence-corrected chi connectivity index (χ1v) is 7.46. The normalized spacial score (nSPS) is 10.9. The summed E-state index contributed by atoms with van der Waals surface area (Å²) in [5, 5.41) is 5.51. The molecule has 0 radical (unpaired) electrons. The Morgan fingerprint density at radius 3 is 2.45 bits per heavy atom. The van der Waals surface area contributed by atoms with Gasteiger partial charge in [-0.1, -0.05) is 18.5 Å². The molecular formula is C15H21ClFN3O2. The summed E-state index contributed by atoms with van der Waals surface area (Å²) >= 11 is 5.85. The van der Waals surface area contributed by atoms with Gasteiger partial charge in [-0.25, -0.2) is 4.39 Å². The van der Waals surface area contributed by atoms with Gasteiger partial charge in [0, 0.05) is 6.04 Å². The number of likely N-dealkylation sites (N-methyl/N-ethyl adjacent to an activating group) is 1. The number of hydrogen-bond donors (Lipinski definition) is 2. The van der Waals surface area contributed by atoms with Gasteiger partial charge in [-0.3, -0.25) is 14.5 Å². The summed E-state index contributed by atoms with van der Waals surface area (Å²) in [6.07, 6.45) is 0. The van der Waals surface area contributed by atoms with Gasteiger partial charge in [0.15, 0.2) is 0 Å². The van der Waals surface area contributed by atoms with Crippen molar-refractivity contribution in [3.8, 4) is 0 Å². The van der Waals surface area contributed by atoms with Crippen molar-refractivity contribution >= 4 is 29.1 Å². The Balaban J connectivity index is 2.56. The predicted molar refractivity (Wildman–Crippen MR) is 85.4 cm³/mol. The molecule has 0 aromatic heterocycles. The Morgan fingerprint density at radius 1 is 1.27 bits per heavy atom. The van der Waals surface area contributed by atoms with Crippen molar-refractivity contribution in [3.05, 3.63) is 29.0 Å². The zero-order valence-corrected chi connectivity index (χ0v) is 13.7. The SMILES string of the molecule is CCN(CC(=O)Nc1ccc(F)cc1Cl)CC(=O)NC(C)C. The fourth-order valence-corrected chi connectivity index (χ4v) is 2.05. The monoisotopic (exact) mass is 329 g/mol. The van der Waals surface area contributed by atoms with E-state index in [1.807, 2.05) is 20.8 Å². The van der Waals surface area contributed by atoms with Crippen molar-refractivity contribution in [1.82, 2.24) is 10.2 Å². The molecule has 1 aromatic carbocycles. The van der Waals surface area contributed by atoms with Gasteiger partial charge < -0.3 is 10.6 Å². The maximum absolute atomic E-state index is 12.9. The van der Waals surface area contributed by atoms with Crippen molar-refractivity contribution in [2.75, 3.05) is 25.0 Å². The van der Waals surface area contributed by atoms with Crippen LogP contribution in [0.15, 0.2) is 18.2 Å². The Kier molecular flexibility index (Phi) is 7.27. The van der Waals surface area contributed by atoms with E-state index in [0.717, 1.165) is 6.07 Å². The quantitative estimate of drug-likeness (QED) is 0.806. The largest absolute Gasteiger partial charge is 0.353 e. The molecule has 5 nitrogen and oxygen atoms in total. The number of halogens is 2. The van der Waals surface area contributed by atoms with Gasteiger partial charge in [0.25, 0.3) is 0 Å². The average molecular weight is 330 g/mol. The standard InChI is InChI=1S/C15H21ClFN3O2/c1-4-20(8-14(21)18-10(2)3)9-15(22)19-13-6-5-11(17)7-12(13)16/h5-7,10H,4,8-9H2,1-3H3,(H,18,21)(H,19,22). The zero-order valence-electron chi connectivity index (χ0n) is 13.0. The van der Waals surface area contributed by atoms with Gasteiger partial charge in [0.2, 0.25) is 11.8 Å². The number of anilines is 1. The van der Waals surface area contributed by atoms with Crippen LogP contribution >= 0.6 is 11.6 Å². The molecule has 2 N–H and O–H groups in total. The fourth-order valence-electron chi connectivity index (χ4n) is 1.83. The van der Waals surface area contributed by atoms with E-state index in [2.05, 4.69) is 10.6 Å². The smallest absolute Gasteiger partial charge is 0.238 e. The molecule has 0 unspecified atom stereocenters. The van der Waals surface area contributed by atoms with Gasteiger partial charge in [-0.2, -0.15) is 0 Å².